The highest BCUT2D eigenvalue weighted by Crippen LogP contribution is 2.19. The van der Waals surface area contributed by atoms with Gasteiger partial charge in [-0.2, -0.15) is 0 Å². The largest absolute Gasteiger partial charge is 0.481 e. The van der Waals surface area contributed by atoms with Gasteiger partial charge in [0.1, 0.15) is 0 Å². The number of carboxylic acids is 1. The maximum absolute atomic E-state index is 12.4. The zero-order valence-electron chi connectivity index (χ0n) is 10.2. The monoisotopic (exact) mass is 271 g/mol. The summed E-state index contributed by atoms with van der Waals surface area (Å²) in [7, 11) is 0. The van der Waals surface area contributed by atoms with E-state index in [0.717, 1.165) is 5.56 Å². The molecular formula is C13H15F2NO3. The van der Waals surface area contributed by atoms with Crippen molar-refractivity contribution in [2.45, 2.75) is 31.7 Å². The van der Waals surface area contributed by atoms with Gasteiger partial charge in [-0.1, -0.05) is 24.3 Å². The fraction of sp³-hybridized carbons (Fsp3) is 0.385. The molecule has 0 aromatic heterocycles. The molecule has 1 atom stereocenters. The van der Waals surface area contributed by atoms with Crippen molar-refractivity contribution in [3.8, 4) is 0 Å². The van der Waals surface area contributed by atoms with Gasteiger partial charge in [0.05, 0.1) is 0 Å². The van der Waals surface area contributed by atoms with Crippen LogP contribution in [0.15, 0.2) is 24.3 Å². The lowest BCUT2D eigenvalue weighted by Gasteiger charge is -2.15. The minimum Gasteiger partial charge on any atom is -0.481 e. The first-order valence-corrected chi connectivity index (χ1v) is 5.81. The summed E-state index contributed by atoms with van der Waals surface area (Å²) in [5.74, 6) is -0.939. The molecule has 0 spiro atoms. The molecule has 1 rings (SSSR count). The Bertz CT molecular complexity index is 420. The van der Waals surface area contributed by atoms with Gasteiger partial charge in [-0.3, -0.25) is 9.59 Å². The van der Waals surface area contributed by atoms with Crippen molar-refractivity contribution in [3.05, 3.63) is 35.4 Å². The molecule has 6 heteroatoms. The molecule has 0 saturated heterocycles. The van der Waals surface area contributed by atoms with Gasteiger partial charge >= 0.3 is 5.97 Å². The Hall–Kier alpha value is -1.98. The number of carbonyl (C=O) groups is 2. The van der Waals surface area contributed by atoms with Gasteiger partial charge in [-0.05, 0) is 18.4 Å². The van der Waals surface area contributed by atoms with Crippen molar-refractivity contribution in [1.82, 2.24) is 5.32 Å². The van der Waals surface area contributed by atoms with Gasteiger partial charge in [0.15, 0.2) is 0 Å². The highest BCUT2D eigenvalue weighted by Gasteiger charge is 2.12. The number of aliphatic carboxylic acids is 1. The number of carbonyl (C=O) groups excluding carboxylic acids is 1. The van der Waals surface area contributed by atoms with Gasteiger partial charge in [0.25, 0.3) is 6.43 Å². The SMILES string of the molecule is O=CNC(CCC(=O)O)Cc1ccc(C(F)F)cc1. The fourth-order valence-corrected chi connectivity index (χ4v) is 1.72. The van der Waals surface area contributed by atoms with Crippen LogP contribution < -0.4 is 5.32 Å². The molecule has 0 heterocycles. The van der Waals surface area contributed by atoms with E-state index in [1.54, 1.807) is 12.1 Å². The molecule has 1 aromatic rings. The Morgan fingerprint density at radius 3 is 2.42 bits per heavy atom. The van der Waals surface area contributed by atoms with E-state index in [2.05, 4.69) is 5.32 Å². The summed E-state index contributed by atoms with van der Waals surface area (Å²) < 4.78 is 24.7. The van der Waals surface area contributed by atoms with Gasteiger partial charge in [0.2, 0.25) is 6.41 Å². The second-order valence-electron chi connectivity index (χ2n) is 4.16. The molecule has 104 valence electrons. The minimum absolute atomic E-state index is 0.0549. The maximum Gasteiger partial charge on any atom is 0.303 e. The van der Waals surface area contributed by atoms with Gasteiger partial charge in [0, 0.05) is 18.0 Å². The van der Waals surface area contributed by atoms with Crippen LogP contribution in [-0.2, 0) is 16.0 Å². The van der Waals surface area contributed by atoms with Crippen LogP contribution in [0.3, 0.4) is 0 Å². The fourth-order valence-electron chi connectivity index (χ4n) is 1.72. The lowest BCUT2D eigenvalue weighted by molar-refractivity contribution is -0.137. The second-order valence-corrected chi connectivity index (χ2v) is 4.16. The number of rotatable bonds is 8. The average Bonchev–Trinajstić information content (AvgIpc) is 2.37. The molecule has 1 aromatic carbocycles. The van der Waals surface area contributed by atoms with Crippen molar-refractivity contribution >= 4 is 12.4 Å². The molecule has 0 radical (unpaired) electrons. The van der Waals surface area contributed by atoms with Crippen molar-refractivity contribution in [2.75, 3.05) is 0 Å². The van der Waals surface area contributed by atoms with Crippen molar-refractivity contribution in [3.63, 3.8) is 0 Å². The summed E-state index contributed by atoms with van der Waals surface area (Å²) in [6.45, 7) is 0. The number of halogens is 2. The Kier molecular flexibility index (Phi) is 5.92. The number of hydrogen-bond donors (Lipinski definition) is 2. The number of carboxylic acid groups (broad SMARTS) is 1. The molecule has 0 saturated carbocycles. The molecule has 4 nitrogen and oxygen atoms in total. The summed E-state index contributed by atoms with van der Waals surface area (Å²) in [6.07, 6.45) is -1.34. The predicted molar refractivity (Wildman–Crippen MR) is 65.0 cm³/mol. The lowest BCUT2D eigenvalue weighted by Crippen LogP contribution is -2.30. The third-order valence-corrected chi connectivity index (χ3v) is 2.72. The molecular weight excluding hydrogens is 256 g/mol. The van der Waals surface area contributed by atoms with Crippen LogP contribution in [0.5, 0.6) is 0 Å². The van der Waals surface area contributed by atoms with Crippen LogP contribution in [0.4, 0.5) is 8.78 Å². The smallest absolute Gasteiger partial charge is 0.303 e. The highest BCUT2D eigenvalue weighted by atomic mass is 19.3. The Morgan fingerprint density at radius 1 is 1.32 bits per heavy atom. The number of amides is 1. The Balaban J connectivity index is 2.62. The van der Waals surface area contributed by atoms with Crippen LogP contribution in [0.2, 0.25) is 0 Å². The van der Waals surface area contributed by atoms with E-state index in [-0.39, 0.29) is 18.0 Å². The molecule has 0 aliphatic rings. The van der Waals surface area contributed by atoms with E-state index in [0.29, 0.717) is 19.3 Å². The van der Waals surface area contributed by atoms with Crippen molar-refractivity contribution < 1.29 is 23.5 Å². The molecule has 1 unspecified atom stereocenters. The molecule has 0 fully saturated rings. The molecule has 0 aliphatic carbocycles. The Morgan fingerprint density at radius 2 is 1.95 bits per heavy atom. The predicted octanol–water partition coefficient (Wildman–Crippen LogP) is 2.15. The normalized spacial score (nSPS) is 12.2. The summed E-state index contributed by atoms with van der Waals surface area (Å²) in [4.78, 5) is 20.9. The third-order valence-electron chi connectivity index (χ3n) is 2.72. The Labute approximate surface area is 109 Å². The second kappa shape index (κ2) is 7.45. The van der Waals surface area contributed by atoms with E-state index in [1.807, 2.05) is 0 Å². The molecule has 0 aliphatic heterocycles. The van der Waals surface area contributed by atoms with E-state index < -0.39 is 12.4 Å². The van der Waals surface area contributed by atoms with Crippen LogP contribution in [0, 0.1) is 0 Å². The first-order chi connectivity index (χ1) is 9.02. The number of alkyl halides is 2. The quantitative estimate of drug-likeness (QED) is 0.712. The van der Waals surface area contributed by atoms with E-state index in [1.165, 1.54) is 12.1 Å². The van der Waals surface area contributed by atoms with Crippen molar-refractivity contribution in [2.24, 2.45) is 0 Å². The summed E-state index contributed by atoms with van der Waals surface area (Å²) in [5, 5.41) is 11.1. The van der Waals surface area contributed by atoms with E-state index in [9.17, 15) is 18.4 Å². The molecule has 0 bridgehead atoms. The summed E-state index contributed by atoms with van der Waals surface area (Å²) in [6, 6.07) is 5.46. The van der Waals surface area contributed by atoms with Gasteiger partial charge in [-0.25, -0.2) is 8.78 Å². The maximum atomic E-state index is 12.4. The molecule has 19 heavy (non-hydrogen) atoms. The number of nitrogens with one attached hydrogen (secondary N) is 1. The topological polar surface area (TPSA) is 66.4 Å². The van der Waals surface area contributed by atoms with Crippen LogP contribution in [-0.4, -0.2) is 23.5 Å². The molecule has 2 N–H and O–H groups in total. The van der Waals surface area contributed by atoms with Crippen LogP contribution >= 0.6 is 0 Å². The zero-order chi connectivity index (χ0) is 14.3. The van der Waals surface area contributed by atoms with E-state index in [4.69, 9.17) is 5.11 Å². The number of hydrogen-bond acceptors (Lipinski definition) is 2. The first kappa shape index (κ1) is 15.1. The van der Waals surface area contributed by atoms with Gasteiger partial charge < -0.3 is 10.4 Å². The minimum atomic E-state index is -2.51. The van der Waals surface area contributed by atoms with E-state index >= 15 is 0 Å². The van der Waals surface area contributed by atoms with Crippen molar-refractivity contribution in [1.29, 1.82) is 0 Å². The summed E-state index contributed by atoms with van der Waals surface area (Å²) >= 11 is 0. The summed E-state index contributed by atoms with van der Waals surface area (Å²) in [5.41, 5.74) is 0.711. The molecule has 1 amide bonds. The number of benzene rings is 1. The first-order valence-electron chi connectivity index (χ1n) is 5.81. The standard InChI is InChI=1S/C13H15F2NO3/c14-13(15)10-3-1-9(2-4-10)7-11(16-8-17)5-6-12(18)19/h1-4,8,11,13H,5-7H2,(H,16,17)(H,18,19). The zero-order valence-corrected chi connectivity index (χ0v) is 10.2. The highest BCUT2D eigenvalue weighted by molar-refractivity contribution is 5.66. The average molecular weight is 271 g/mol. The van der Waals surface area contributed by atoms with Gasteiger partial charge in [-0.15, -0.1) is 0 Å². The van der Waals surface area contributed by atoms with Crippen LogP contribution in [0.1, 0.15) is 30.4 Å². The van der Waals surface area contributed by atoms with Crippen LogP contribution in [0.25, 0.3) is 0 Å². The third kappa shape index (κ3) is 5.46. The lowest BCUT2D eigenvalue weighted by atomic mass is 10.0.